The third-order valence-electron chi connectivity index (χ3n) is 2.68. The van der Waals surface area contributed by atoms with Crippen molar-refractivity contribution in [3.8, 4) is 11.3 Å². The Kier molecular flexibility index (Phi) is 3.63. The predicted molar refractivity (Wildman–Crippen MR) is 61.0 cm³/mol. The van der Waals surface area contributed by atoms with Gasteiger partial charge < -0.3 is 10.1 Å². The first-order chi connectivity index (χ1) is 10.0. The van der Waals surface area contributed by atoms with Crippen molar-refractivity contribution in [2.24, 2.45) is 0 Å². The summed E-state index contributed by atoms with van der Waals surface area (Å²) in [5.41, 5.74) is -3.98. The Hall–Kier alpha value is -2.52. The molecule has 1 aromatic carbocycles. The number of alkyl halides is 6. The molecule has 0 aliphatic rings. The Bertz CT molecular complexity index is 717. The first-order valence-corrected chi connectivity index (χ1v) is 5.59. The maximum atomic E-state index is 12.9. The lowest BCUT2D eigenvalue weighted by atomic mass is 10.0. The number of imidazole rings is 1. The van der Waals surface area contributed by atoms with Crippen LogP contribution in [0.3, 0.4) is 0 Å². The van der Waals surface area contributed by atoms with Crippen molar-refractivity contribution in [1.82, 2.24) is 9.97 Å². The van der Waals surface area contributed by atoms with Gasteiger partial charge in [0, 0.05) is 5.56 Å². The number of benzene rings is 1. The minimum absolute atomic E-state index is 0.634. The van der Waals surface area contributed by atoms with Crippen LogP contribution in [-0.4, -0.2) is 21.0 Å². The highest BCUT2D eigenvalue weighted by atomic mass is 19.4. The average Bonchev–Trinajstić information content (AvgIpc) is 2.82. The molecule has 0 radical (unpaired) electrons. The number of carboxylic acids is 1. The molecule has 0 aliphatic carbocycles. The second-order valence-corrected chi connectivity index (χ2v) is 4.16. The van der Waals surface area contributed by atoms with Crippen LogP contribution in [0, 0.1) is 0 Å². The second-order valence-electron chi connectivity index (χ2n) is 4.16. The first-order valence-electron chi connectivity index (χ1n) is 5.59. The van der Waals surface area contributed by atoms with Crippen molar-refractivity contribution in [2.75, 3.05) is 0 Å². The molecule has 2 N–H and O–H groups in total. The molecule has 0 fully saturated rings. The van der Waals surface area contributed by atoms with E-state index >= 15 is 0 Å². The molecule has 1 aromatic heterocycles. The van der Waals surface area contributed by atoms with E-state index in [1.54, 1.807) is 4.98 Å². The fraction of sp³-hybridized carbons (Fsp3) is 0.167. The number of hydrogen-bond acceptors (Lipinski definition) is 2. The first kappa shape index (κ1) is 15.9. The highest BCUT2D eigenvalue weighted by molar-refractivity contribution is 5.93. The van der Waals surface area contributed by atoms with E-state index in [1.807, 2.05) is 0 Å². The minimum Gasteiger partial charge on any atom is -0.476 e. The van der Waals surface area contributed by atoms with Crippen molar-refractivity contribution in [3.05, 3.63) is 41.3 Å². The number of hydrogen-bond donors (Lipinski definition) is 2. The molecule has 10 heteroatoms. The molecule has 22 heavy (non-hydrogen) atoms. The lowest BCUT2D eigenvalue weighted by Crippen LogP contribution is -2.08. The zero-order valence-electron chi connectivity index (χ0n) is 10.4. The van der Waals surface area contributed by atoms with Crippen LogP contribution in [0.1, 0.15) is 21.9 Å². The van der Waals surface area contributed by atoms with Crippen LogP contribution < -0.4 is 0 Å². The van der Waals surface area contributed by atoms with E-state index in [4.69, 9.17) is 5.11 Å². The minimum atomic E-state index is -5.02. The monoisotopic (exact) mass is 324 g/mol. The van der Waals surface area contributed by atoms with Crippen LogP contribution in [0.2, 0.25) is 0 Å². The Labute approximate surface area is 118 Å². The number of aromatic nitrogens is 2. The van der Waals surface area contributed by atoms with Crippen LogP contribution in [0.4, 0.5) is 26.3 Å². The number of rotatable bonds is 2. The van der Waals surface area contributed by atoms with Gasteiger partial charge in [0.15, 0.2) is 5.69 Å². The average molecular weight is 324 g/mol. The molecule has 2 rings (SSSR count). The molecule has 0 amide bonds. The van der Waals surface area contributed by atoms with Gasteiger partial charge in [-0.15, -0.1) is 0 Å². The van der Waals surface area contributed by atoms with Crippen LogP contribution >= 0.6 is 0 Å². The van der Waals surface area contributed by atoms with Crippen molar-refractivity contribution >= 4 is 5.97 Å². The number of carboxylic acid groups (broad SMARTS) is 1. The smallest absolute Gasteiger partial charge is 0.449 e. The molecule has 0 unspecified atom stereocenters. The lowest BCUT2D eigenvalue weighted by Gasteiger charge is -2.11. The quantitative estimate of drug-likeness (QED) is 0.826. The molecule has 0 aliphatic heterocycles. The summed E-state index contributed by atoms with van der Waals surface area (Å²) in [5.74, 6) is -3.56. The van der Waals surface area contributed by atoms with E-state index in [9.17, 15) is 31.1 Å². The fourth-order valence-electron chi connectivity index (χ4n) is 1.81. The van der Waals surface area contributed by atoms with Crippen molar-refractivity contribution in [2.45, 2.75) is 12.4 Å². The van der Waals surface area contributed by atoms with E-state index in [1.165, 1.54) is 0 Å². The van der Waals surface area contributed by atoms with E-state index in [2.05, 4.69) is 4.98 Å². The molecule has 1 heterocycles. The SMILES string of the molecule is O=C(O)c1nc(C(F)(F)F)[nH]c1-c1ccccc1C(F)(F)F. The zero-order valence-corrected chi connectivity index (χ0v) is 10.4. The van der Waals surface area contributed by atoms with E-state index in [0.29, 0.717) is 6.07 Å². The maximum Gasteiger partial charge on any atom is 0.449 e. The summed E-state index contributed by atoms with van der Waals surface area (Å²) in [7, 11) is 0. The van der Waals surface area contributed by atoms with Crippen molar-refractivity contribution < 1.29 is 36.2 Å². The Morgan fingerprint density at radius 2 is 1.64 bits per heavy atom. The summed E-state index contributed by atoms with van der Waals surface area (Å²) >= 11 is 0. The molecule has 0 atom stereocenters. The summed E-state index contributed by atoms with van der Waals surface area (Å²) < 4.78 is 76.5. The number of H-pyrrole nitrogens is 1. The molecule has 4 nitrogen and oxygen atoms in total. The third-order valence-corrected chi connectivity index (χ3v) is 2.68. The molecular formula is C12H6F6N2O2. The van der Waals surface area contributed by atoms with Crippen LogP contribution in [0.25, 0.3) is 11.3 Å². The van der Waals surface area contributed by atoms with E-state index in [0.717, 1.165) is 18.2 Å². The summed E-state index contributed by atoms with van der Waals surface area (Å²) in [5, 5.41) is 8.87. The molecule has 0 saturated heterocycles. The van der Waals surface area contributed by atoms with Gasteiger partial charge in [0.1, 0.15) is 0 Å². The molecule has 118 valence electrons. The van der Waals surface area contributed by atoms with Gasteiger partial charge >= 0.3 is 18.3 Å². The second kappa shape index (κ2) is 5.04. The predicted octanol–water partition coefficient (Wildman–Crippen LogP) is 3.81. The highest BCUT2D eigenvalue weighted by Crippen LogP contribution is 2.38. The Morgan fingerprint density at radius 3 is 2.14 bits per heavy atom. The standard InChI is InChI=1S/C12H6F6N2O2/c13-11(14,15)6-4-2-1-3-5(6)7-8(9(21)22)20-10(19-7)12(16,17)18/h1-4H,(H,19,20)(H,21,22). The van der Waals surface area contributed by atoms with Gasteiger partial charge in [-0.2, -0.15) is 26.3 Å². The normalized spacial score (nSPS) is 12.5. The maximum absolute atomic E-state index is 12.9. The zero-order chi connectivity index (χ0) is 16.7. The van der Waals surface area contributed by atoms with Gasteiger partial charge in [-0.1, -0.05) is 18.2 Å². The molecular weight excluding hydrogens is 318 g/mol. The Balaban J connectivity index is 2.73. The topological polar surface area (TPSA) is 66.0 Å². The summed E-state index contributed by atoms with van der Waals surface area (Å²) in [6.45, 7) is 0. The van der Waals surface area contributed by atoms with Gasteiger partial charge in [0.25, 0.3) is 0 Å². The van der Waals surface area contributed by atoms with E-state index < -0.39 is 46.7 Å². The molecule has 0 saturated carbocycles. The largest absolute Gasteiger partial charge is 0.476 e. The Morgan fingerprint density at radius 1 is 1.05 bits per heavy atom. The fourth-order valence-corrected chi connectivity index (χ4v) is 1.81. The van der Waals surface area contributed by atoms with Crippen LogP contribution in [0.15, 0.2) is 24.3 Å². The summed E-state index contributed by atoms with van der Waals surface area (Å²) in [6.07, 6.45) is -9.88. The number of aromatic amines is 1. The van der Waals surface area contributed by atoms with Gasteiger partial charge in [-0.3, -0.25) is 0 Å². The van der Waals surface area contributed by atoms with Gasteiger partial charge in [0.2, 0.25) is 5.82 Å². The highest BCUT2D eigenvalue weighted by Gasteiger charge is 2.39. The van der Waals surface area contributed by atoms with Gasteiger partial charge in [0.05, 0.1) is 11.3 Å². The number of halogens is 6. The number of nitrogens with zero attached hydrogens (tertiary/aromatic N) is 1. The summed E-state index contributed by atoms with van der Waals surface area (Å²) in [6, 6.07) is 3.68. The number of nitrogens with one attached hydrogen (secondary N) is 1. The van der Waals surface area contributed by atoms with Crippen LogP contribution in [-0.2, 0) is 12.4 Å². The number of carbonyl (C=O) groups is 1. The summed E-state index contributed by atoms with van der Waals surface area (Å²) in [4.78, 5) is 15.4. The van der Waals surface area contributed by atoms with Crippen LogP contribution in [0.5, 0.6) is 0 Å². The van der Waals surface area contributed by atoms with Crippen molar-refractivity contribution in [1.29, 1.82) is 0 Å². The molecule has 2 aromatic rings. The van der Waals surface area contributed by atoms with Gasteiger partial charge in [-0.25, -0.2) is 9.78 Å². The number of aromatic carboxylic acids is 1. The molecule has 0 bridgehead atoms. The molecule has 0 spiro atoms. The third kappa shape index (κ3) is 2.90. The van der Waals surface area contributed by atoms with E-state index in [-0.39, 0.29) is 0 Å². The van der Waals surface area contributed by atoms with Crippen molar-refractivity contribution in [3.63, 3.8) is 0 Å². The lowest BCUT2D eigenvalue weighted by molar-refractivity contribution is -0.144. The van der Waals surface area contributed by atoms with Gasteiger partial charge in [-0.05, 0) is 6.07 Å².